The minimum absolute atomic E-state index is 0.0128. The van der Waals surface area contributed by atoms with Gasteiger partial charge in [0.1, 0.15) is 29.5 Å². The molecule has 4 heterocycles. The van der Waals surface area contributed by atoms with Crippen molar-refractivity contribution in [3.05, 3.63) is 40.9 Å². The zero-order chi connectivity index (χ0) is 37.5. The molecular weight excluding hydrogens is 719 g/mol. The molecule has 0 spiro atoms. The number of amides is 2. The van der Waals surface area contributed by atoms with Crippen LogP contribution in [0.1, 0.15) is 48.3 Å². The quantitative estimate of drug-likeness (QED) is 0.0603. The van der Waals surface area contributed by atoms with Crippen LogP contribution in [0.2, 0.25) is 0 Å². The van der Waals surface area contributed by atoms with Crippen molar-refractivity contribution in [1.82, 2.24) is 25.6 Å². The van der Waals surface area contributed by atoms with E-state index in [1.54, 1.807) is 25.1 Å². The van der Waals surface area contributed by atoms with Gasteiger partial charge >= 0.3 is 11.9 Å². The first kappa shape index (κ1) is 38.3. The number of aliphatic carboxylic acids is 2. The number of fused-ring (bicyclic) bond motifs is 5. The molecule has 0 aliphatic carbocycles. The lowest BCUT2D eigenvalue weighted by Gasteiger charge is -2.18. The number of thiophene rings is 1. The van der Waals surface area contributed by atoms with E-state index in [-0.39, 0.29) is 54.4 Å². The van der Waals surface area contributed by atoms with Gasteiger partial charge in [0.15, 0.2) is 5.16 Å². The molecule has 5 rings (SSSR count). The van der Waals surface area contributed by atoms with Gasteiger partial charge in [0.2, 0.25) is 17.7 Å². The Balaban J connectivity index is 1.38. The van der Waals surface area contributed by atoms with Crippen LogP contribution in [0.25, 0.3) is 21.0 Å². The first-order valence-electron chi connectivity index (χ1n) is 16.2. The number of Topliss-reactive ketones (excluding diaryl/α,β-unsaturated/α-hetero) is 1. The molecule has 0 saturated heterocycles. The zero-order valence-corrected chi connectivity index (χ0v) is 29.7. The van der Waals surface area contributed by atoms with Crippen LogP contribution in [0.15, 0.2) is 35.6 Å². The van der Waals surface area contributed by atoms with Crippen molar-refractivity contribution in [2.24, 2.45) is 11.7 Å². The molecule has 4 atom stereocenters. The maximum absolute atomic E-state index is 12.9. The lowest BCUT2D eigenvalue weighted by Crippen LogP contribution is -2.41. The van der Waals surface area contributed by atoms with Gasteiger partial charge in [-0.15, -0.1) is 11.3 Å². The third-order valence-electron chi connectivity index (χ3n) is 8.02. The Morgan fingerprint density at radius 3 is 2.65 bits per heavy atom. The number of nitrogens with one attached hydrogen (secondary N) is 3. The van der Waals surface area contributed by atoms with Crippen LogP contribution < -0.4 is 26.4 Å². The molecule has 276 valence electrons. The molecule has 52 heavy (non-hydrogen) atoms. The lowest BCUT2D eigenvalue weighted by molar-refractivity contribution is -0.139. The normalized spacial score (nSPS) is 16.7. The summed E-state index contributed by atoms with van der Waals surface area (Å²) in [5.74, 6) is -4.56. The van der Waals surface area contributed by atoms with E-state index in [1.807, 2.05) is 13.0 Å². The third-order valence-corrected chi connectivity index (χ3v) is 10.2. The van der Waals surface area contributed by atoms with E-state index in [4.69, 9.17) is 25.4 Å². The summed E-state index contributed by atoms with van der Waals surface area (Å²) in [7, 11) is 0. The summed E-state index contributed by atoms with van der Waals surface area (Å²) in [6, 6.07) is 5.34. The Morgan fingerprint density at radius 1 is 1.13 bits per heavy atom. The number of carbonyl (C=O) groups is 5. The first-order chi connectivity index (χ1) is 24.8. The van der Waals surface area contributed by atoms with E-state index in [0.717, 1.165) is 27.2 Å². The molecule has 0 fully saturated rings. The van der Waals surface area contributed by atoms with Gasteiger partial charge in [0.25, 0.3) is 5.91 Å². The second kappa shape index (κ2) is 17.0. The van der Waals surface area contributed by atoms with Crippen molar-refractivity contribution < 1.29 is 48.8 Å². The average Bonchev–Trinajstić information content (AvgIpc) is 3.44. The highest BCUT2D eigenvalue weighted by molar-refractivity contribution is 7.99. The second-order valence-corrected chi connectivity index (χ2v) is 13.9. The van der Waals surface area contributed by atoms with Gasteiger partial charge in [0.05, 0.1) is 35.3 Å². The topological polar surface area (TPSA) is 265 Å². The number of carbonyl (C=O) groups excluding carboxylic acids is 3. The van der Waals surface area contributed by atoms with Crippen molar-refractivity contribution in [2.75, 3.05) is 24.2 Å². The molecule has 1 aliphatic heterocycles. The number of carboxylic acid groups (broad SMARTS) is 2. The Labute approximate surface area is 304 Å². The molecule has 0 radical (unpaired) electrons. The van der Waals surface area contributed by atoms with Gasteiger partial charge in [0, 0.05) is 52.9 Å². The van der Waals surface area contributed by atoms with Crippen LogP contribution in [0, 0.1) is 5.92 Å². The smallest absolute Gasteiger partial charge is 0.322 e. The number of nitrogens with two attached hydrogens (primary N) is 1. The van der Waals surface area contributed by atoms with Gasteiger partial charge in [-0.05, 0) is 38.5 Å². The predicted molar refractivity (Wildman–Crippen MR) is 190 cm³/mol. The van der Waals surface area contributed by atoms with E-state index in [0.29, 0.717) is 28.3 Å². The standard InChI is InChI=1S/C33H37N7O10S2/c1-3-49-13-17-11-36-33(51-14-16(29(45)35-12-24(42)43)10-18(41)4-6-20(34)32(47)48)40-31(17)50-23-9-5-19-21(38-23)7-8-22-25(19)26-27(52-22)30(46)37-15(2)28(44)39-26/h5,7-9,11,15-16,20,28,39,44H,3-4,6,10,12-14,34H2,1-2H3,(H,35,45)(H,37,46)(H,42,43)(H,47,48)/t15-,16+,20+,28+/m1/s1. The van der Waals surface area contributed by atoms with Crippen LogP contribution in [0.5, 0.6) is 11.8 Å². The Kier molecular flexibility index (Phi) is 12.5. The summed E-state index contributed by atoms with van der Waals surface area (Å²) in [4.78, 5) is 74.5. The summed E-state index contributed by atoms with van der Waals surface area (Å²) in [5, 5.41) is 38.4. The van der Waals surface area contributed by atoms with Gasteiger partial charge in [-0.1, -0.05) is 11.8 Å². The van der Waals surface area contributed by atoms with Crippen LogP contribution in [-0.2, 0) is 30.5 Å². The second-order valence-electron chi connectivity index (χ2n) is 11.9. The predicted octanol–water partition coefficient (Wildman–Crippen LogP) is 2.49. The lowest BCUT2D eigenvalue weighted by atomic mass is 9.99. The summed E-state index contributed by atoms with van der Waals surface area (Å²) < 4.78 is 12.6. The summed E-state index contributed by atoms with van der Waals surface area (Å²) in [6.07, 6.45) is -0.0635. The molecule has 17 nitrogen and oxygen atoms in total. The first-order valence-corrected chi connectivity index (χ1v) is 18.0. The highest BCUT2D eigenvalue weighted by Gasteiger charge is 2.30. The number of rotatable bonds is 17. The number of hydrogen-bond acceptors (Lipinski definition) is 15. The van der Waals surface area contributed by atoms with Crippen molar-refractivity contribution in [3.8, 4) is 11.8 Å². The number of hydrogen-bond donors (Lipinski definition) is 7. The van der Waals surface area contributed by atoms with Crippen LogP contribution in [0.4, 0.5) is 5.69 Å². The number of pyridine rings is 1. The van der Waals surface area contributed by atoms with E-state index in [2.05, 4.69) is 30.9 Å². The summed E-state index contributed by atoms with van der Waals surface area (Å²) in [5.41, 5.74) is 7.09. The number of benzene rings is 1. The van der Waals surface area contributed by atoms with Gasteiger partial charge in [-0.2, -0.15) is 4.98 Å². The van der Waals surface area contributed by atoms with Crippen molar-refractivity contribution in [2.45, 2.75) is 63.2 Å². The number of nitrogens with zero attached hydrogens (tertiary/aromatic N) is 3. The molecule has 3 aromatic heterocycles. The number of ether oxygens (including phenoxy) is 2. The molecule has 19 heteroatoms. The molecular formula is C33H37N7O10S2. The largest absolute Gasteiger partial charge is 0.480 e. The van der Waals surface area contributed by atoms with E-state index >= 15 is 0 Å². The third kappa shape index (κ3) is 9.28. The zero-order valence-electron chi connectivity index (χ0n) is 28.1. The molecule has 1 aromatic carbocycles. The number of aliphatic hydroxyl groups excluding tert-OH is 1. The maximum atomic E-state index is 12.9. The Bertz CT molecular complexity index is 2010. The highest BCUT2D eigenvalue weighted by atomic mass is 32.2. The fourth-order valence-electron chi connectivity index (χ4n) is 5.23. The highest BCUT2D eigenvalue weighted by Crippen LogP contribution is 2.42. The minimum atomic E-state index is -1.26. The van der Waals surface area contributed by atoms with Gasteiger partial charge in [-0.25, -0.2) is 9.97 Å². The van der Waals surface area contributed by atoms with Crippen molar-refractivity contribution >= 4 is 79.3 Å². The molecule has 2 amide bonds. The van der Waals surface area contributed by atoms with Crippen LogP contribution in [0.3, 0.4) is 0 Å². The summed E-state index contributed by atoms with van der Waals surface area (Å²) >= 11 is 2.34. The molecule has 8 N–H and O–H groups in total. The number of ketones is 1. The molecule has 1 aliphatic rings. The monoisotopic (exact) mass is 755 g/mol. The number of aromatic nitrogens is 3. The Hall–Kier alpha value is -4.95. The van der Waals surface area contributed by atoms with Crippen molar-refractivity contribution in [3.63, 3.8) is 0 Å². The molecule has 0 bridgehead atoms. The SMILES string of the molecule is CCOCc1cnc(SC[C@H](CC(=O)CC[C@H](N)C(=O)O)C(=O)NCC(=O)O)nc1Oc1ccc2c(ccc3sc4c(c32)N[C@@H](O)[C@@H](C)NC4=O)n1. The van der Waals surface area contributed by atoms with E-state index in [9.17, 15) is 29.1 Å². The average molecular weight is 756 g/mol. The number of aliphatic hydroxyl groups is 1. The van der Waals surface area contributed by atoms with Gasteiger partial charge in [-0.3, -0.25) is 24.0 Å². The molecule has 0 saturated carbocycles. The van der Waals surface area contributed by atoms with Gasteiger partial charge < -0.3 is 46.5 Å². The van der Waals surface area contributed by atoms with E-state index in [1.165, 1.54) is 17.5 Å². The van der Waals surface area contributed by atoms with E-state index < -0.39 is 54.4 Å². The fourth-order valence-corrected chi connectivity index (χ4v) is 7.21. The van der Waals surface area contributed by atoms with Crippen LogP contribution in [-0.4, -0.2) is 97.0 Å². The number of carboxylic acids is 2. The van der Waals surface area contributed by atoms with Crippen molar-refractivity contribution in [1.29, 1.82) is 0 Å². The number of anilines is 1. The molecule has 4 aromatic rings. The fraction of sp³-hybridized carbons (Fsp3) is 0.394. The minimum Gasteiger partial charge on any atom is -0.480 e. The molecule has 0 unspecified atom stereocenters. The Morgan fingerprint density at radius 2 is 1.92 bits per heavy atom. The maximum Gasteiger partial charge on any atom is 0.322 e. The van der Waals surface area contributed by atoms with Crippen LogP contribution >= 0.6 is 23.1 Å². The number of thioether (sulfide) groups is 1. The summed E-state index contributed by atoms with van der Waals surface area (Å²) in [6.45, 7) is 3.41.